The summed E-state index contributed by atoms with van der Waals surface area (Å²) in [5.41, 5.74) is 4.68. The maximum atomic E-state index is 10.8. The molecule has 0 saturated carbocycles. The standard InChI is InChI=1S/C15H13N5O2S/c1-9-10(2)23-15-13(9)14(16-8-17-15)19-18-7-11-4-3-5-12(6-11)20(21)22/h3-8H,1-2H3,(H,16,17,19). The minimum atomic E-state index is -0.434. The lowest BCUT2D eigenvalue weighted by atomic mass is 10.2. The third-order valence-electron chi connectivity index (χ3n) is 3.43. The molecular formula is C15H13N5O2S. The summed E-state index contributed by atoms with van der Waals surface area (Å²) in [5, 5.41) is 15.8. The van der Waals surface area contributed by atoms with E-state index >= 15 is 0 Å². The number of aromatic nitrogens is 2. The van der Waals surface area contributed by atoms with Crippen molar-refractivity contribution in [2.75, 3.05) is 5.43 Å². The molecule has 0 bridgehead atoms. The summed E-state index contributed by atoms with van der Waals surface area (Å²) >= 11 is 1.61. The molecule has 0 fully saturated rings. The quantitative estimate of drug-likeness (QED) is 0.448. The van der Waals surface area contributed by atoms with Crippen LogP contribution in [0.1, 0.15) is 16.0 Å². The average Bonchev–Trinajstić information content (AvgIpc) is 2.83. The van der Waals surface area contributed by atoms with Crippen molar-refractivity contribution in [3.8, 4) is 0 Å². The van der Waals surface area contributed by atoms with Crippen LogP contribution in [0.2, 0.25) is 0 Å². The van der Waals surface area contributed by atoms with Crippen molar-refractivity contribution in [3.05, 3.63) is 56.7 Å². The second-order valence-corrected chi connectivity index (χ2v) is 6.11. The molecule has 0 radical (unpaired) electrons. The fourth-order valence-corrected chi connectivity index (χ4v) is 3.15. The van der Waals surface area contributed by atoms with Gasteiger partial charge in [0, 0.05) is 22.6 Å². The first-order valence-electron chi connectivity index (χ1n) is 6.80. The van der Waals surface area contributed by atoms with Gasteiger partial charge in [0.15, 0.2) is 5.82 Å². The highest BCUT2D eigenvalue weighted by atomic mass is 32.1. The number of nitrogens with zero attached hydrogens (tertiary/aromatic N) is 4. The highest BCUT2D eigenvalue weighted by Gasteiger charge is 2.11. The molecule has 2 aromatic heterocycles. The fourth-order valence-electron chi connectivity index (χ4n) is 2.15. The highest BCUT2D eigenvalue weighted by molar-refractivity contribution is 7.18. The van der Waals surface area contributed by atoms with Crippen LogP contribution in [0, 0.1) is 24.0 Å². The third-order valence-corrected chi connectivity index (χ3v) is 4.55. The minimum Gasteiger partial charge on any atom is -0.261 e. The van der Waals surface area contributed by atoms with E-state index in [1.807, 2.05) is 13.8 Å². The minimum absolute atomic E-state index is 0.0303. The summed E-state index contributed by atoms with van der Waals surface area (Å²) < 4.78 is 0. The number of anilines is 1. The predicted molar refractivity (Wildman–Crippen MR) is 91.2 cm³/mol. The molecule has 7 nitrogen and oxygen atoms in total. The van der Waals surface area contributed by atoms with Gasteiger partial charge in [-0.15, -0.1) is 11.3 Å². The normalized spacial score (nSPS) is 11.2. The molecule has 0 saturated heterocycles. The largest absolute Gasteiger partial charge is 0.270 e. The summed E-state index contributed by atoms with van der Waals surface area (Å²) in [6.07, 6.45) is 3.01. The molecule has 0 amide bonds. The van der Waals surface area contributed by atoms with E-state index in [1.165, 1.54) is 29.6 Å². The molecule has 0 atom stereocenters. The Hall–Kier alpha value is -2.87. The van der Waals surface area contributed by atoms with Gasteiger partial charge in [0.25, 0.3) is 5.69 Å². The van der Waals surface area contributed by atoms with Crippen LogP contribution in [0.4, 0.5) is 11.5 Å². The van der Waals surface area contributed by atoms with Crippen LogP contribution in [0.25, 0.3) is 10.2 Å². The number of non-ortho nitro benzene ring substituents is 1. The Kier molecular flexibility index (Phi) is 3.98. The first-order chi connectivity index (χ1) is 11.1. The molecule has 3 rings (SSSR count). The number of benzene rings is 1. The van der Waals surface area contributed by atoms with Gasteiger partial charge >= 0.3 is 0 Å². The van der Waals surface area contributed by atoms with Gasteiger partial charge in [0.1, 0.15) is 11.2 Å². The monoisotopic (exact) mass is 327 g/mol. The molecule has 0 aliphatic heterocycles. The number of rotatable bonds is 4. The van der Waals surface area contributed by atoms with E-state index < -0.39 is 4.92 Å². The van der Waals surface area contributed by atoms with Crippen LogP contribution in [0.3, 0.4) is 0 Å². The molecule has 2 heterocycles. The van der Waals surface area contributed by atoms with Crippen LogP contribution in [-0.4, -0.2) is 21.1 Å². The summed E-state index contributed by atoms with van der Waals surface area (Å²) in [7, 11) is 0. The van der Waals surface area contributed by atoms with Gasteiger partial charge < -0.3 is 0 Å². The molecule has 0 aliphatic rings. The molecule has 1 N–H and O–H groups in total. The van der Waals surface area contributed by atoms with Gasteiger partial charge in [-0.05, 0) is 19.4 Å². The first kappa shape index (κ1) is 15.0. The van der Waals surface area contributed by atoms with E-state index in [2.05, 4.69) is 20.5 Å². The molecule has 0 unspecified atom stereocenters. The Morgan fingerprint density at radius 3 is 2.96 bits per heavy atom. The average molecular weight is 327 g/mol. The molecule has 0 aliphatic carbocycles. The van der Waals surface area contributed by atoms with Gasteiger partial charge in [0.05, 0.1) is 16.5 Å². The molecule has 1 aromatic carbocycles. The lowest BCUT2D eigenvalue weighted by molar-refractivity contribution is -0.384. The van der Waals surface area contributed by atoms with E-state index in [9.17, 15) is 10.1 Å². The summed E-state index contributed by atoms with van der Waals surface area (Å²) in [5.74, 6) is 0.624. The highest BCUT2D eigenvalue weighted by Crippen LogP contribution is 2.32. The van der Waals surface area contributed by atoms with Crippen LogP contribution < -0.4 is 5.43 Å². The van der Waals surface area contributed by atoms with Crippen molar-refractivity contribution in [3.63, 3.8) is 0 Å². The lowest BCUT2D eigenvalue weighted by Crippen LogP contribution is -1.96. The molecule has 3 aromatic rings. The van der Waals surface area contributed by atoms with E-state index in [4.69, 9.17) is 0 Å². The maximum absolute atomic E-state index is 10.8. The van der Waals surface area contributed by atoms with Gasteiger partial charge in [-0.1, -0.05) is 12.1 Å². The van der Waals surface area contributed by atoms with Crippen LogP contribution in [0.15, 0.2) is 35.7 Å². The van der Waals surface area contributed by atoms with Crippen molar-refractivity contribution >= 4 is 39.3 Å². The number of nitro groups is 1. The summed E-state index contributed by atoms with van der Waals surface area (Å²) in [4.78, 5) is 20.9. The number of nitro benzene ring substituents is 1. The number of thiophene rings is 1. The van der Waals surface area contributed by atoms with Gasteiger partial charge in [-0.2, -0.15) is 5.10 Å². The number of fused-ring (bicyclic) bond motifs is 1. The SMILES string of the molecule is Cc1sc2ncnc(NN=Cc3cccc([N+](=O)[O-])c3)c2c1C. The van der Waals surface area contributed by atoms with Crippen molar-refractivity contribution in [1.82, 2.24) is 9.97 Å². The van der Waals surface area contributed by atoms with Gasteiger partial charge in [0.2, 0.25) is 0 Å². The zero-order valence-electron chi connectivity index (χ0n) is 12.5. The second-order valence-electron chi connectivity index (χ2n) is 4.91. The molecular weight excluding hydrogens is 314 g/mol. The Morgan fingerprint density at radius 1 is 1.35 bits per heavy atom. The van der Waals surface area contributed by atoms with Crippen LogP contribution in [-0.2, 0) is 0 Å². The molecule has 23 heavy (non-hydrogen) atoms. The Labute approximate surface area is 135 Å². The Morgan fingerprint density at radius 2 is 2.17 bits per heavy atom. The Bertz CT molecular complexity index is 919. The summed E-state index contributed by atoms with van der Waals surface area (Å²) in [6, 6.07) is 6.26. The zero-order valence-corrected chi connectivity index (χ0v) is 13.3. The zero-order chi connectivity index (χ0) is 16.4. The second kappa shape index (κ2) is 6.09. The van der Waals surface area contributed by atoms with Crippen molar-refractivity contribution < 1.29 is 4.92 Å². The smallest absolute Gasteiger partial charge is 0.261 e. The number of aryl methyl sites for hydroxylation is 2. The van der Waals surface area contributed by atoms with Crippen LogP contribution >= 0.6 is 11.3 Å². The van der Waals surface area contributed by atoms with E-state index in [0.717, 1.165) is 15.8 Å². The Balaban J connectivity index is 1.86. The first-order valence-corrected chi connectivity index (χ1v) is 7.62. The number of hydrogen-bond acceptors (Lipinski definition) is 7. The number of hydrazone groups is 1. The topological polar surface area (TPSA) is 93.3 Å². The fraction of sp³-hybridized carbons (Fsp3) is 0.133. The third kappa shape index (κ3) is 3.02. The molecule has 116 valence electrons. The molecule has 0 spiro atoms. The predicted octanol–water partition coefficient (Wildman–Crippen LogP) is 3.66. The van der Waals surface area contributed by atoms with Crippen molar-refractivity contribution in [2.45, 2.75) is 13.8 Å². The summed E-state index contributed by atoms with van der Waals surface area (Å²) in [6.45, 7) is 4.06. The number of hydrogen-bond donors (Lipinski definition) is 1. The lowest BCUT2D eigenvalue weighted by Gasteiger charge is -2.01. The van der Waals surface area contributed by atoms with Gasteiger partial charge in [-0.25, -0.2) is 9.97 Å². The molecule has 8 heteroatoms. The van der Waals surface area contributed by atoms with Crippen molar-refractivity contribution in [1.29, 1.82) is 0 Å². The van der Waals surface area contributed by atoms with E-state index in [1.54, 1.807) is 23.5 Å². The van der Waals surface area contributed by atoms with Crippen LogP contribution in [0.5, 0.6) is 0 Å². The van der Waals surface area contributed by atoms with E-state index in [-0.39, 0.29) is 5.69 Å². The number of nitrogens with one attached hydrogen (secondary N) is 1. The van der Waals surface area contributed by atoms with Crippen molar-refractivity contribution in [2.24, 2.45) is 5.10 Å². The maximum Gasteiger partial charge on any atom is 0.270 e. The van der Waals surface area contributed by atoms with Gasteiger partial charge in [-0.3, -0.25) is 15.5 Å². The van der Waals surface area contributed by atoms with E-state index in [0.29, 0.717) is 11.4 Å².